The third kappa shape index (κ3) is 5.34. The quantitative estimate of drug-likeness (QED) is 0.151. The first kappa shape index (κ1) is 33.7. The number of para-hydroxylation sites is 3. The summed E-state index contributed by atoms with van der Waals surface area (Å²) in [6.45, 7) is 17.0. The second kappa shape index (κ2) is 12.2. The second-order valence-electron chi connectivity index (χ2n) is 16.7. The molecule has 0 atom stereocenters. The summed E-state index contributed by atoms with van der Waals surface area (Å²) < 4.78 is 0. The monoisotopic (exact) mass is 722 g/mol. The number of fused-ring (bicyclic) bond motifs is 7. The fraction of sp³-hybridized carbons (Fsp3) is 0.184. The molecule has 4 heteroatoms. The number of thiophene rings is 1. The normalized spacial score (nSPS) is 14.6. The van der Waals surface area contributed by atoms with E-state index in [0.717, 1.165) is 11.4 Å². The molecule has 2 aliphatic rings. The van der Waals surface area contributed by atoms with Crippen molar-refractivity contribution in [2.75, 3.05) is 9.80 Å². The molecule has 0 fully saturated rings. The highest BCUT2D eigenvalue weighted by molar-refractivity contribution is 7.19. The van der Waals surface area contributed by atoms with Crippen molar-refractivity contribution in [3.63, 3.8) is 0 Å². The van der Waals surface area contributed by atoms with Crippen LogP contribution in [0.3, 0.4) is 0 Å². The molecule has 0 amide bonds. The van der Waals surface area contributed by atoms with Crippen LogP contribution in [-0.2, 0) is 10.8 Å². The molecule has 262 valence electrons. The summed E-state index contributed by atoms with van der Waals surface area (Å²) in [5.41, 5.74) is 15.3. The molecule has 6 aromatic carbocycles. The zero-order chi connectivity index (χ0) is 36.7. The van der Waals surface area contributed by atoms with Crippen LogP contribution in [0.15, 0.2) is 152 Å². The molecular formula is C49H46N2SSi. The summed E-state index contributed by atoms with van der Waals surface area (Å²) in [5.74, 6) is 0. The van der Waals surface area contributed by atoms with Gasteiger partial charge in [-0.1, -0.05) is 131 Å². The van der Waals surface area contributed by atoms with Gasteiger partial charge in [0.1, 0.15) is 0 Å². The molecule has 9 rings (SSSR count). The maximum absolute atomic E-state index is 2.47. The largest absolute Gasteiger partial charge is 0.310 e. The predicted molar refractivity (Wildman–Crippen MR) is 232 cm³/mol. The molecule has 0 unspecified atom stereocenters. The molecule has 0 saturated heterocycles. The molecule has 2 nitrogen and oxygen atoms in total. The summed E-state index contributed by atoms with van der Waals surface area (Å²) >= 11 is 2.00. The van der Waals surface area contributed by atoms with Crippen molar-refractivity contribution < 1.29 is 0 Å². The van der Waals surface area contributed by atoms with E-state index in [1.54, 1.807) is 0 Å². The van der Waals surface area contributed by atoms with E-state index in [1.807, 2.05) is 11.3 Å². The number of hydrogen-bond donors (Lipinski definition) is 0. The van der Waals surface area contributed by atoms with Gasteiger partial charge < -0.3 is 9.80 Å². The van der Waals surface area contributed by atoms with E-state index in [4.69, 9.17) is 0 Å². The molecule has 1 aromatic heterocycles. The fourth-order valence-electron chi connectivity index (χ4n) is 8.78. The third-order valence-electron chi connectivity index (χ3n) is 11.6. The van der Waals surface area contributed by atoms with Crippen LogP contribution in [-0.4, -0.2) is 8.07 Å². The number of nitrogens with zero attached hydrogens (tertiary/aromatic N) is 2. The SMILES string of the molecule is CC1(C)c2cc(N(c3ccccc3)c3ccccc3)ccc2-c2sc3c(c21)C(C)(C)c1cc(N(c2ccccc2)c2ccc([Si](C)(C)C)cc2)ccc1-3. The molecule has 53 heavy (non-hydrogen) atoms. The van der Waals surface area contributed by atoms with Crippen LogP contribution >= 0.6 is 11.3 Å². The summed E-state index contributed by atoms with van der Waals surface area (Å²) in [4.78, 5) is 7.67. The van der Waals surface area contributed by atoms with Gasteiger partial charge in [-0.15, -0.1) is 11.3 Å². The van der Waals surface area contributed by atoms with Crippen molar-refractivity contribution in [2.24, 2.45) is 0 Å². The maximum Gasteiger partial charge on any atom is 0.0775 e. The Morgan fingerprint density at radius 1 is 0.415 bits per heavy atom. The predicted octanol–water partition coefficient (Wildman–Crippen LogP) is 13.8. The summed E-state index contributed by atoms with van der Waals surface area (Å²) in [5, 5.41) is 1.48. The molecule has 0 aliphatic heterocycles. The molecule has 0 bridgehead atoms. The van der Waals surface area contributed by atoms with Gasteiger partial charge >= 0.3 is 0 Å². The Morgan fingerprint density at radius 3 is 1.11 bits per heavy atom. The first-order valence-electron chi connectivity index (χ1n) is 18.8. The van der Waals surface area contributed by atoms with Gasteiger partial charge in [-0.05, 0) is 106 Å². The van der Waals surface area contributed by atoms with E-state index >= 15 is 0 Å². The lowest BCUT2D eigenvalue weighted by Gasteiger charge is -2.31. The first-order chi connectivity index (χ1) is 25.4. The van der Waals surface area contributed by atoms with Crippen molar-refractivity contribution in [1.29, 1.82) is 0 Å². The molecule has 0 radical (unpaired) electrons. The van der Waals surface area contributed by atoms with Crippen LogP contribution in [0.25, 0.3) is 20.9 Å². The molecule has 0 saturated carbocycles. The van der Waals surface area contributed by atoms with E-state index in [2.05, 4.69) is 209 Å². The van der Waals surface area contributed by atoms with Gasteiger partial charge in [0.05, 0.1) is 8.07 Å². The van der Waals surface area contributed by atoms with Crippen LogP contribution in [0.1, 0.15) is 49.9 Å². The minimum atomic E-state index is -1.42. The van der Waals surface area contributed by atoms with Crippen molar-refractivity contribution >= 4 is 58.7 Å². The van der Waals surface area contributed by atoms with Gasteiger partial charge in [-0.2, -0.15) is 0 Å². The molecule has 0 spiro atoms. The van der Waals surface area contributed by atoms with E-state index < -0.39 is 8.07 Å². The van der Waals surface area contributed by atoms with E-state index in [9.17, 15) is 0 Å². The van der Waals surface area contributed by atoms with Crippen molar-refractivity contribution in [1.82, 2.24) is 0 Å². The lowest BCUT2D eigenvalue weighted by molar-refractivity contribution is 0.603. The molecule has 1 heterocycles. The summed E-state index contributed by atoms with van der Waals surface area (Å²) in [6, 6.07) is 56.0. The Balaban J connectivity index is 1.13. The van der Waals surface area contributed by atoms with Gasteiger partial charge in [-0.3, -0.25) is 0 Å². The molecule has 0 N–H and O–H groups in total. The van der Waals surface area contributed by atoms with Crippen LogP contribution in [0.5, 0.6) is 0 Å². The van der Waals surface area contributed by atoms with Crippen molar-refractivity contribution in [3.8, 4) is 20.9 Å². The molecule has 7 aromatic rings. The number of rotatable bonds is 7. The fourth-order valence-corrected chi connectivity index (χ4v) is 11.6. The van der Waals surface area contributed by atoms with Crippen molar-refractivity contribution in [3.05, 3.63) is 174 Å². The van der Waals surface area contributed by atoms with Gasteiger partial charge in [0, 0.05) is 54.7 Å². The van der Waals surface area contributed by atoms with Crippen LogP contribution in [0, 0.1) is 0 Å². The minimum absolute atomic E-state index is 0.153. The lowest BCUT2D eigenvalue weighted by atomic mass is 9.74. The van der Waals surface area contributed by atoms with Gasteiger partial charge in [0.2, 0.25) is 0 Å². The lowest BCUT2D eigenvalue weighted by Crippen LogP contribution is -2.37. The third-order valence-corrected chi connectivity index (χ3v) is 14.9. The number of benzene rings is 6. The number of anilines is 6. The smallest absolute Gasteiger partial charge is 0.0775 e. The molecule has 2 aliphatic carbocycles. The number of hydrogen-bond acceptors (Lipinski definition) is 3. The Kier molecular flexibility index (Phi) is 7.74. The van der Waals surface area contributed by atoms with Crippen molar-refractivity contribution in [2.45, 2.75) is 58.2 Å². The molecular weight excluding hydrogens is 677 g/mol. The maximum atomic E-state index is 2.47. The van der Waals surface area contributed by atoms with Crippen LogP contribution in [0.4, 0.5) is 34.1 Å². The Morgan fingerprint density at radius 2 is 0.755 bits per heavy atom. The topological polar surface area (TPSA) is 6.48 Å². The van der Waals surface area contributed by atoms with Gasteiger partial charge in [0.25, 0.3) is 0 Å². The standard InChI is InChI=1S/C49H46N2SSi/c1-48(2)42-31-37(50(33-17-11-8-12-18-33)34-19-13-9-14-20-34)25-29-40(42)46-44(48)45-47(52-46)41-30-26-38(32-43(41)49(45,3)4)51(35-21-15-10-16-22-35)36-23-27-39(28-24-36)53(5,6)7/h8-32H,1-7H3. The highest BCUT2D eigenvalue weighted by Crippen LogP contribution is 2.64. The van der Waals surface area contributed by atoms with E-state index in [-0.39, 0.29) is 10.8 Å². The zero-order valence-corrected chi connectivity index (χ0v) is 33.6. The second-order valence-corrected chi connectivity index (χ2v) is 22.8. The Bertz CT molecular complexity index is 2430. The van der Waals surface area contributed by atoms with E-state index in [0.29, 0.717) is 0 Å². The highest BCUT2D eigenvalue weighted by atomic mass is 32.1. The van der Waals surface area contributed by atoms with E-state index in [1.165, 1.54) is 71.1 Å². The van der Waals surface area contributed by atoms with Crippen LogP contribution < -0.4 is 15.0 Å². The summed E-state index contributed by atoms with van der Waals surface area (Å²) in [6.07, 6.45) is 0. The van der Waals surface area contributed by atoms with Gasteiger partial charge in [-0.25, -0.2) is 0 Å². The zero-order valence-electron chi connectivity index (χ0n) is 31.7. The average Bonchev–Trinajstić information content (AvgIpc) is 3.74. The Labute approximate surface area is 320 Å². The highest BCUT2D eigenvalue weighted by Gasteiger charge is 2.48. The minimum Gasteiger partial charge on any atom is -0.310 e. The Hall–Kier alpha value is -5.16. The average molecular weight is 723 g/mol. The van der Waals surface area contributed by atoms with Crippen LogP contribution in [0.2, 0.25) is 19.6 Å². The van der Waals surface area contributed by atoms with Gasteiger partial charge in [0.15, 0.2) is 0 Å². The first-order valence-corrected chi connectivity index (χ1v) is 23.1. The summed E-state index contributed by atoms with van der Waals surface area (Å²) in [7, 11) is -1.42.